The number of piperazine rings is 1. The van der Waals surface area contributed by atoms with E-state index in [2.05, 4.69) is 4.90 Å². The van der Waals surface area contributed by atoms with Gasteiger partial charge in [-0.25, -0.2) is 18.5 Å². The molecule has 0 saturated carbocycles. The van der Waals surface area contributed by atoms with E-state index in [4.69, 9.17) is 21.1 Å². The van der Waals surface area contributed by atoms with Crippen LogP contribution in [-0.4, -0.2) is 100 Å². The summed E-state index contributed by atoms with van der Waals surface area (Å²) in [5.41, 5.74) is 0.393. The lowest BCUT2D eigenvalue weighted by molar-refractivity contribution is -0.141. The number of halogens is 3. The fraction of sp³-hybridized carbons (Fsp3) is 0.481. The lowest BCUT2D eigenvalue weighted by atomic mass is 9.96. The zero-order valence-corrected chi connectivity index (χ0v) is 24.1. The average molecular weight is 615 g/mol. The maximum Gasteiger partial charge on any atom is 0.266 e. The largest absolute Gasteiger partial charge is 0.451 e. The molecule has 224 valence electrons. The number of hydrogen-bond donors (Lipinski definition) is 2. The molecule has 2 aromatic carbocycles. The van der Waals surface area contributed by atoms with E-state index in [1.54, 1.807) is 5.48 Å². The molecular weight excluding hydrogens is 582 g/mol. The van der Waals surface area contributed by atoms with Gasteiger partial charge in [0.1, 0.15) is 28.6 Å². The fourth-order valence-corrected chi connectivity index (χ4v) is 7.13. The number of ether oxygens (including phenoxy) is 2. The number of carbonyl (C=O) groups excluding carboxylic acids is 2. The molecule has 1 amide bonds. The fourth-order valence-electron chi connectivity index (χ4n) is 5.38. The van der Waals surface area contributed by atoms with Crippen molar-refractivity contribution in [1.29, 1.82) is 0 Å². The topological polar surface area (TPSA) is 112 Å². The third-order valence-electron chi connectivity index (χ3n) is 7.28. The first-order chi connectivity index (χ1) is 19.7. The van der Waals surface area contributed by atoms with Gasteiger partial charge in [0.15, 0.2) is 17.4 Å². The van der Waals surface area contributed by atoms with Gasteiger partial charge in [-0.1, -0.05) is 11.6 Å². The Kier molecular flexibility index (Phi) is 10.8. The molecule has 0 radical (unpaired) electrons. The van der Waals surface area contributed by atoms with E-state index in [-0.39, 0.29) is 23.2 Å². The summed E-state index contributed by atoms with van der Waals surface area (Å²) in [7, 11) is -0.221. The van der Waals surface area contributed by atoms with E-state index in [0.717, 1.165) is 51.3 Å². The van der Waals surface area contributed by atoms with Gasteiger partial charge in [-0.05, 0) is 56.3 Å². The standard InChI is InChI=1S/C20H20ClF2N3O4S.C7H13NO2/c1-25-10-13-6-7-20(11-25,19(27)24-28)26(13)31(29)15-8-16(22)18(17(23)9-15)30-14-4-2-12(21)3-5-14;9-5-1-2-8-3-6-10-7-4-8/h2-5,8-9,13,28H,6-7,10-11H2,1H3,(H,24,27);5H,1-4,6-7H2. The lowest BCUT2D eigenvalue weighted by Gasteiger charge is -2.45. The highest BCUT2D eigenvalue weighted by molar-refractivity contribution is 7.82. The zero-order chi connectivity index (χ0) is 29.6. The third-order valence-corrected chi connectivity index (χ3v) is 9.17. The van der Waals surface area contributed by atoms with Crippen LogP contribution in [0.5, 0.6) is 11.5 Å². The summed E-state index contributed by atoms with van der Waals surface area (Å²) in [5.74, 6) is -3.20. The van der Waals surface area contributed by atoms with Crippen molar-refractivity contribution in [2.75, 3.05) is 53.0 Å². The van der Waals surface area contributed by atoms with Crippen molar-refractivity contribution >= 4 is 34.8 Å². The van der Waals surface area contributed by atoms with Crippen LogP contribution >= 0.6 is 11.6 Å². The van der Waals surface area contributed by atoms with Gasteiger partial charge >= 0.3 is 0 Å². The Labute approximate surface area is 244 Å². The van der Waals surface area contributed by atoms with Gasteiger partial charge in [0, 0.05) is 50.2 Å². The second-order valence-electron chi connectivity index (χ2n) is 10.1. The summed E-state index contributed by atoms with van der Waals surface area (Å²) in [6.45, 7) is 5.26. The smallest absolute Gasteiger partial charge is 0.266 e. The molecule has 10 nitrogen and oxygen atoms in total. The number of rotatable bonds is 8. The molecule has 3 atom stereocenters. The minimum atomic E-state index is -2.04. The Morgan fingerprint density at radius 1 is 1.24 bits per heavy atom. The first-order valence-corrected chi connectivity index (χ1v) is 14.7. The van der Waals surface area contributed by atoms with E-state index in [1.165, 1.54) is 28.6 Å². The van der Waals surface area contributed by atoms with Crippen LogP contribution in [0.2, 0.25) is 5.02 Å². The van der Waals surface area contributed by atoms with Gasteiger partial charge in [0.2, 0.25) is 0 Å². The van der Waals surface area contributed by atoms with Gasteiger partial charge in [-0.2, -0.15) is 4.31 Å². The normalized spacial score (nSPS) is 23.8. The van der Waals surface area contributed by atoms with Crippen LogP contribution < -0.4 is 10.2 Å². The van der Waals surface area contributed by atoms with E-state index in [1.807, 2.05) is 11.9 Å². The highest BCUT2D eigenvalue weighted by Crippen LogP contribution is 2.42. The van der Waals surface area contributed by atoms with Crippen LogP contribution in [0.4, 0.5) is 8.78 Å². The predicted molar refractivity (Wildman–Crippen MR) is 147 cm³/mol. The van der Waals surface area contributed by atoms with Gasteiger partial charge in [0.25, 0.3) is 5.91 Å². The number of hydrogen-bond acceptors (Lipinski definition) is 8. The van der Waals surface area contributed by atoms with Crippen molar-refractivity contribution in [2.24, 2.45) is 0 Å². The number of nitrogens with zero attached hydrogens (tertiary/aromatic N) is 3. The SMILES string of the molecule is CN1CC2CCC(C(=O)NO)(C1)N2S(=O)c1cc(F)c(Oc2ccc(Cl)cc2)c(F)c1.O=CCCN1CCOCC1. The van der Waals surface area contributed by atoms with E-state index in [0.29, 0.717) is 30.8 Å². The number of likely N-dealkylation sites (tertiary alicyclic amines) is 1. The van der Waals surface area contributed by atoms with Gasteiger partial charge in [-0.3, -0.25) is 14.9 Å². The molecule has 41 heavy (non-hydrogen) atoms. The molecule has 2 N–H and O–H groups in total. The second kappa shape index (κ2) is 14.1. The summed E-state index contributed by atoms with van der Waals surface area (Å²) in [5, 5.41) is 9.70. The average Bonchev–Trinajstić information content (AvgIpc) is 3.22. The monoisotopic (exact) mass is 614 g/mol. The van der Waals surface area contributed by atoms with Gasteiger partial charge in [0.05, 0.1) is 18.1 Å². The Morgan fingerprint density at radius 2 is 1.90 bits per heavy atom. The number of amides is 1. The van der Waals surface area contributed by atoms with Crippen LogP contribution in [0, 0.1) is 11.6 Å². The highest BCUT2D eigenvalue weighted by atomic mass is 35.5. The number of benzene rings is 2. The molecule has 3 fully saturated rings. The van der Waals surface area contributed by atoms with Crippen molar-refractivity contribution < 1.29 is 37.3 Å². The molecule has 3 saturated heterocycles. The van der Waals surface area contributed by atoms with Gasteiger partial charge in [-0.15, -0.1) is 0 Å². The number of nitrogens with one attached hydrogen (secondary N) is 1. The van der Waals surface area contributed by atoms with E-state index >= 15 is 0 Å². The van der Waals surface area contributed by atoms with Crippen molar-refractivity contribution in [3.63, 3.8) is 0 Å². The van der Waals surface area contributed by atoms with Crippen molar-refractivity contribution in [3.8, 4) is 11.5 Å². The van der Waals surface area contributed by atoms with Crippen molar-refractivity contribution in [1.82, 2.24) is 19.6 Å². The van der Waals surface area contributed by atoms with Crippen LogP contribution in [0.3, 0.4) is 0 Å². The quantitative estimate of drug-likeness (QED) is 0.265. The maximum absolute atomic E-state index is 14.7. The van der Waals surface area contributed by atoms with Crippen LogP contribution in [0.1, 0.15) is 19.3 Å². The molecule has 2 aromatic rings. The number of morpholine rings is 1. The number of hydroxylamine groups is 1. The highest BCUT2D eigenvalue weighted by Gasteiger charge is 2.58. The molecule has 0 aromatic heterocycles. The van der Waals surface area contributed by atoms with Crippen LogP contribution in [0.25, 0.3) is 0 Å². The molecule has 5 rings (SSSR count). The van der Waals surface area contributed by atoms with E-state index < -0.39 is 39.8 Å². The van der Waals surface area contributed by atoms with Gasteiger partial charge < -0.3 is 19.2 Å². The molecular formula is C27H33ClF2N4O6S. The Hall–Kier alpha value is -2.52. The second-order valence-corrected chi connectivity index (χ2v) is 11.9. The minimum Gasteiger partial charge on any atom is -0.451 e. The molecule has 3 heterocycles. The number of aldehydes is 1. The Balaban J connectivity index is 0.000000328. The molecule has 0 aliphatic carbocycles. The number of likely N-dealkylation sites (N-methyl/N-ethyl adjacent to an activating group) is 1. The molecule has 3 aliphatic rings. The zero-order valence-electron chi connectivity index (χ0n) is 22.6. The maximum atomic E-state index is 14.7. The lowest BCUT2D eigenvalue weighted by Crippen LogP contribution is -2.66. The summed E-state index contributed by atoms with van der Waals surface area (Å²) >= 11 is 5.80. The molecule has 3 unspecified atom stereocenters. The third kappa shape index (κ3) is 7.28. The number of carbonyl (C=O) groups is 2. The van der Waals surface area contributed by atoms with E-state index in [9.17, 15) is 27.8 Å². The Morgan fingerprint density at radius 3 is 2.51 bits per heavy atom. The minimum absolute atomic E-state index is 0.134. The Bertz CT molecular complexity index is 1230. The molecule has 14 heteroatoms. The van der Waals surface area contributed by atoms with Crippen molar-refractivity contribution in [2.45, 2.75) is 35.7 Å². The molecule has 0 spiro atoms. The summed E-state index contributed by atoms with van der Waals surface area (Å²) < 4.78 is 54.7. The molecule has 2 bridgehead atoms. The predicted octanol–water partition coefficient (Wildman–Crippen LogP) is 2.99. The van der Waals surface area contributed by atoms with Crippen LogP contribution in [-0.2, 0) is 25.3 Å². The van der Waals surface area contributed by atoms with Crippen molar-refractivity contribution in [3.05, 3.63) is 53.1 Å². The summed E-state index contributed by atoms with van der Waals surface area (Å²) in [4.78, 5) is 26.5. The molecule has 3 aliphatic heterocycles. The number of fused-ring (bicyclic) bond motifs is 2. The summed E-state index contributed by atoms with van der Waals surface area (Å²) in [6.07, 6.45) is 2.55. The first kappa shape index (κ1) is 31.4. The summed E-state index contributed by atoms with van der Waals surface area (Å²) in [6, 6.07) is 7.57. The van der Waals surface area contributed by atoms with Crippen LogP contribution in [0.15, 0.2) is 41.3 Å². The first-order valence-electron chi connectivity index (χ1n) is 13.2.